The summed E-state index contributed by atoms with van der Waals surface area (Å²) in [4.78, 5) is 13.8. The van der Waals surface area contributed by atoms with Gasteiger partial charge < -0.3 is 9.64 Å². The van der Waals surface area contributed by atoms with Crippen LogP contribution < -0.4 is 9.04 Å². The molecule has 0 atom stereocenters. The Hall–Kier alpha value is -2.06. The van der Waals surface area contributed by atoms with Crippen LogP contribution in [-0.2, 0) is 21.4 Å². The Bertz CT molecular complexity index is 869. The number of sulfonamides is 1. The number of carbonyl (C=O) groups excluding carboxylic acids is 1. The minimum absolute atomic E-state index is 0.0950. The fourth-order valence-electron chi connectivity index (χ4n) is 2.17. The highest BCUT2D eigenvalue weighted by atomic mass is 79.9. The summed E-state index contributed by atoms with van der Waals surface area (Å²) in [6.45, 7) is 0.379. The van der Waals surface area contributed by atoms with E-state index in [1.54, 1.807) is 36.2 Å². The summed E-state index contributed by atoms with van der Waals surface area (Å²) in [6, 6.07) is 14.3. The van der Waals surface area contributed by atoms with Crippen molar-refractivity contribution in [3.05, 3.63) is 58.6 Å². The largest absolute Gasteiger partial charge is 0.484 e. The molecule has 2 rings (SSSR count). The number of amides is 1. The van der Waals surface area contributed by atoms with Crippen molar-refractivity contribution in [2.45, 2.75) is 6.54 Å². The monoisotopic (exact) mass is 440 g/mol. The Morgan fingerprint density at radius 2 is 1.69 bits per heavy atom. The SMILES string of the molecule is CN(Cc1ccccc1Br)C(=O)COc1ccc(N(C)S(C)(=O)=O)cc1. The van der Waals surface area contributed by atoms with E-state index in [1.807, 2.05) is 24.3 Å². The maximum absolute atomic E-state index is 12.2. The Morgan fingerprint density at radius 3 is 2.27 bits per heavy atom. The molecule has 0 unspecified atom stereocenters. The lowest BCUT2D eigenvalue weighted by Crippen LogP contribution is -2.31. The summed E-state index contributed by atoms with van der Waals surface area (Å²) in [7, 11) is -0.116. The topological polar surface area (TPSA) is 66.9 Å². The molecule has 8 heteroatoms. The lowest BCUT2D eigenvalue weighted by Gasteiger charge is -2.19. The zero-order valence-electron chi connectivity index (χ0n) is 14.8. The number of carbonyl (C=O) groups is 1. The van der Waals surface area contributed by atoms with Crippen LogP contribution in [0.15, 0.2) is 53.0 Å². The molecule has 0 N–H and O–H groups in total. The van der Waals surface area contributed by atoms with Crippen LogP contribution in [0.4, 0.5) is 5.69 Å². The Balaban J connectivity index is 1.92. The first-order valence-corrected chi connectivity index (χ1v) is 10.5. The van der Waals surface area contributed by atoms with Gasteiger partial charge in [0.05, 0.1) is 11.9 Å². The molecule has 0 bridgehead atoms. The first kappa shape index (κ1) is 20.3. The zero-order chi connectivity index (χ0) is 19.3. The van der Waals surface area contributed by atoms with Crippen molar-refractivity contribution in [1.82, 2.24) is 4.90 Å². The summed E-state index contributed by atoms with van der Waals surface area (Å²) >= 11 is 3.47. The first-order chi connectivity index (χ1) is 12.2. The molecule has 0 fully saturated rings. The van der Waals surface area contributed by atoms with E-state index in [0.29, 0.717) is 18.0 Å². The van der Waals surface area contributed by atoms with E-state index in [1.165, 1.54) is 11.4 Å². The van der Waals surface area contributed by atoms with E-state index in [0.717, 1.165) is 16.3 Å². The molecule has 0 aliphatic heterocycles. The molecular formula is C18H21BrN2O4S. The Morgan fingerprint density at radius 1 is 1.08 bits per heavy atom. The minimum atomic E-state index is -3.31. The van der Waals surface area contributed by atoms with Gasteiger partial charge in [-0.15, -0.1) is 0 Å². The van der Waals surface area contributed by atoms with Crippen molar-refractivity contribution in [3.63, 3.8) is 0 Å². The van der Waals surface area contributed by atoms with Crippen molar-refractivity contribution in [2.24, 2.45) is 0 Å². The van der Waals surface area contributed by atoms with Crippen molar-refractivity contribution in [3.8, 4) is 5.75 Å². The molecular weight excluding hydrogens is 420 g/mol. The van der Waals surface area contributed by atoms with Gasteiger partial charge in [0.15, 0.2) is 6.61 Å². The van der Waals surface area contributed by atoms with Crippen LogP contribution in [-0.4, -0.2) is 46.2 Å². The van der Waals surface area contributed by atoms with Gasteiger partial charge in [-0.1, -0.05) is 34.1 Å². The summed E-state index contributed by atoms with van der Waals surface area (Å²) in [5.74, 6) is 0.344. The van der Waals surface area contributed by atoms with E-state index in [2.05, 4.69) is 15.9 Å². The van der Waals surface area contributed by atoms with Gasteiger partial charge in [0.1, 0.15) is 5.75 Å². The van der Waals surface area contributed by atoms with Crippen LogP contribution in [0.1, 0.15) is 5.56 Å². The number of hydrogen-bond acceptors (Lipinski definition) is 4. The van der Waals surface area contributed by atoms with Crippen LogP contribution in [0.5, 0.6) is 5.75 Å². The number of anilines is 1. The second-order valence-electron chi connectivity index (χ2n) is 5.85. The van der Waals surface area contributed by atoms with Crippen LogP contribution in [0.25, 0.3) is 0 Å². The van der Waals surface area contributed by atoms with E-state index < -0.39 is 10.0 Å². The van der Waals surface area contributed by atoms with Gasteiger partial charge in [-0.05, 0) is 35.9 Å². The number of likely N-dealkylation sites (N-methyl/N-ethyl adjacent to an activating group) is 1. The maximum Gasteiger partial charge on any atom is 0.260 e. The number of ether oxygens (including phenoxy) is 1. The lowest BCUT2D eigenvalue weighted by atomic mass is 10.2. The minimum Gasteiger partial charge on any atom is -0.484 e. The zero-order valence-corrected chi connectivity index (χ0v) is 17.2. The average Bonchev–Trinajstić information content (AvgIpc) is 2.60. The number of hydrogen-bond donors (Lipinski definition) is 0. The summed E-state index contributed by atoms with van der Waals surface area (Å²) < 4.78 is 30.7. The second kappa shape index (κ2) is 8.55. The predicted octanol–water partition coefficient (Wildman–Crippen LogP) is 2.88. The number of halogens is 1. The molecule has 0 spiro atoms. The molecule has 2 aromatic carbocycles. The molecule has 0 saturated carbocycles. The quantitative estimate of drug-likeness (QED) is 0.663. The third-order valence-corrected chi connectivity index (χ3v) is 5.83. The smallest absolute Gasteiger partial charge is 0.260 e. The van der Waals surface area contributed by atoms with Crippen molar-refractivity contribution in [2.75, 3.05) is 31.3 Å². The van der Waals surface area contributed by atoms with Crippen molar-refractivity contribution in [1.29, 1.82) is 0 Å². The fourth-order valence-corrected chi connectivity index (χ4v) is 3.08. The third-order valence-electron chi connectivity index (χ3n) is 3.85. The third kappa shape index (κ3) is 5.47. The molecule has 1 amide bonds. The van der Waals surface area contributed by atoms with Gasteiger partial charge >= 0.3 is 0 Å². The fraction of sp³-hybridized carbons (Fsp3) is 0.278. The second-order valence-corrected chi connectivity index (χ2v) is 8.72. The average molecular weight is 441 g/mol. The summed E-state index contributed by atoms with van der Waals surface area (Å²) in [6.07, 6.45) is 1.14. The van der Waals surface area contributed by atoms with Crippen LogP contribution in [0.3, 0.4) is 0 Å². The van der Waals surface area contributed by atoms with Gasteiger partial charge in [0.2, 0.25) is 10.0 Å². The highest BCUT2D eigenvalue weighted by Gasteiger charge is 2.13. The van der Waals surface area contributed by atoms with Crippen LogP contribution in [0, 0.1) is 0 Å². The Kier molecular flexibility index (Phi) is 6.66. The first-order valence-electron chi connectivity index (χ1n) is 7.82. The van der Waals surface area contributed by atoms with Crippen molar-refractivity contribution >= 4 is 37.5 Å². The predicted molar refractivity (Wildman–Crippen MR) is 106 cm³/mol. The highest BCUT2D eigenvalue weighted by Crippen LogP contribution is 2.20. The number of benzene rings is 2. The Labute approximate surface area is 162 Å². The molecule has 0 aromatic heterocycles. The molecule has 6 nitrogen and oxygen atoms in total. The molecule has 140 valence electrons. The molecule has 2 aromatic rings. The summed E-state index contributed by atoms with van der Waals surface area (Å²) in [5.41, 5.74) is 1.54. The molecule has 0 saturated heterocycles. The normalized spacial score (nSPS) is 11.1. The molecule has 0 radical (unpaired) electrons. The molecule has 0 heterocycles. The van der Waals surface area contributed by atoms with Crippen molar-refractivity contribution < 1.29 is 17.9 Å². The standard InChI is InChI=1S/C18H21BrN2O4S/c1-20(12-14-6-4-5-7-17(14)19)18(22)13-25-16-10-8-15(9-11-16)21(2)26(3,23)24/h4-11H,12-13H2,1-3H3. The molecule has 0 aliphatic rings. The number of rotatable bonds is 7. The van der Waals surface area contributed by atoms with Crippen LogP contribution in [0.2, 0.25) is 0 Å². The summed E-state index contributed by atoms with van der Waals surface area (Å²) in [5, 5.41) is 0. The maximum atomic E-state index is 12.2. The van der Waals surface area contributed by atoms with Gasteiger partial charge in [0, 0.05) is 25.1 Å². The van der Waals surface area contributed by atoms with E-state index in [-0.39, 0.29) is 12.5 Å². The lowest BCUT2D eigenvalue weighted by molar-refractivity contribution is -0.132. The van der Waals surface area contributed by atoms with E-state index in [4.69, 9.17) is 4.74 Å². The van der Waals surface area contributed by atoms with E-state index in [9.17, 15) is 13.2 Å². The van der Waals surface area contributed by atoms with Gasteiger partial charge in [0.25, 0.3) is 5.91 Å². The van der Waals surface area contributed by atoms with E-state index >= 15 is 0 Å². The molecule has 0 aliphatic carbocycles. The van der Waals surface area contributed by atoms with Gasteiger partial charge in [-0.2, -0.15) is 0 Å². The number of nitrogens with zero attached hydrogens (tertiary/aromatic N) is 2. The van der Waals surface area contributed by atoms with Gasteiger partial charge in [-0.25, -0.2) is 8.42 Å². The van der Waals surface area contributed by atoms with Crippen LogP contribution >= 0.6 is 15.9 Å². The highest BCUT2D eigenvalue weighted by molar-refractivity contribution is 9.10. The molecule has 26 heavy (non-hydrogen) atoms. The van der Waals surface area contributed by atoms with Gasteiger partial charge in [-0.3, -0.25) is 9.10 Å².